The Morgan fingerprint density at radius 1 is 0.895 bits per heavy atom. The van der Waals surface area contributed by atoms with Crippen LogP contribution in [0, 0.1) is 0 Å². The van der Waals surface area contributed by atoms with Gasteiger partial charge in [-0.15, -0.1) is 12.4 Å². The van der Waals surface area contributed by atoms with Gasteiger partial charge in [0.1, 0.15) is 0 Å². The third-order valence-electron chi connectivity index (χ3n) is 3.08. The molecule has 0 aliphatic carbocycles. The Kier molecular flexibility index (Phi) is 5.40. The van der Waals surface area contributed by atoms with Crippen molar-refractivity contribution in [2.45, 2.75) is 21.9 Å². The highest BCUT2D eigenvalue weighted by molar-refractivity contribution is 7.99. The zero-order chi connectivity index (χ0) is 11.8. The smallest absolute Gasteiger partial charge is 0.0993 e. The summed E-state index contributed by atoms with van der Waals surface area (Å²) in [6.07, 6.45) is -0.637. The summed E-state index contributed by atoms with van der Waals surface area (Å²) in [5, 5.41) is 10.3. The molecule has 5 N–H and O–H groups in total. The molecule has 2 aromatic carbocycles. The van der Waals surface area contributed by atoms with Crippen LogP contribution in [0.15, 0.2) is 58.3 Å². The van der Waals surface area contributed by atoms with Crippen LogP contribution < -0.4 is 5.73 Å². The first kappa shape index (κ1) is 16.0. The summed E-state index contributed by atoms with van der Waals surface area (Å²) < 4.78 is 0. The largest absolute Gasteiger partial charge is 0.412 e. The average Bonchev–Trinajstić information content (AvgIpc) is 2.48. The minimum atomic E-state index is -0.637. The number of aliphatic hydroxyl groups is 1. The van der Waals surface area contributed by atoms with Crippen LogP contribution in [0.5, 0.6) is 0 Å². The Morgan fingerprint density at radius 3 is 2.00 bits per heavy atom. The first-order valence-corrected chi connectivity index (χ1v) is 6.38. The van der Waals surface area contributed by atoms with Crippen molar-refractivity contribution in [1.29, 1.82) is 0 Å². The van der Waals surface area contributed by atoms with Crippen LogP contribution in [-0.4, -0.2) is 10.6 Å². The average molecular weight is 298 g/mol. The second-order valence-electron chi connectivity index (χ2n) is 4.15. The van der Waals surface area contributed by atoms with Gasteiger partial charge in [-0.05, 0) is 23.3 Å². The molecule has 5 heteroatoms. The van der Waals surface area contributed by atoms with Gasteiger partial charge in [-0.1, -0.05) is 48.2 Å². The van der Waals surface area contributed by atoms with E-state index in [0.717, 1.165) is 20.9 Å². The minimum absolute atomic E-state index is 0. The van der Waals surface area contributed by atoms with Gasteiger partial charge >= 0.3 is 0 Å². The fourth-order valence-electron chi connectivity index (χ4n) is 2.15. The molecule has 0 amide bonds. The summed E-state index contributed by atoms with van der Waals surface area (Å²) in [6.45, 7) is 0. The van der Waals surface area contributed by atoms with Crippen molar-refractivity contribution in [2.75, 3.05) is 0 Å². The molecule has 1 aliphatic heterocycles. The molecule has 0 fully saturated rings. The maximum Gasteiger partial charge on any atom is 0.0993 e. The molecule has 0 spiro atoms. The van der Waals surface area contributed by atoms with Gasteiger partial charge < -0.3 is 16.3 Å². The van der Waals surface area contributed by atoms with E-state index >= 15 is 0 Å². The second-order valence-corrected chi connectivity index (χ2v) is 5.23. The van der Waals surface area contributed by atoms with Gasteiger partial charge in [0.25, 0.3) is 0 Å². The van der Waals surface area contributed by atoms with Gasteiger partial charge in [0.05, 0.1) is 12.1 Å². The molecular formula is C14H16ClNO2S. The number of hydrogen-bond donors (Lipinski definition) is 2. The molecule has 3 rings (SSSR count). The molecule has 102 valence electrons. The molecule has 2 unspecified atom stereocenters. The fraction of sp³-hybridized carbons (Fsp3) is 0.143. The Labute approximate surface area is 122 Å². The lowest BCUT2D eigenvalue weighted by molar-refractivity contribution is 0.144. The van der Waals surface area contributed by atoms with E-state index in [1.807, 2.05) is 42.5 Å². The van der Waals surface area contributed by atoms with E-state index in [-0.39, 0.29) is 23.9 Å². The van der Waals surface area contributed by atoms with Crippen LogP contribution in [0.3, 0.4) is 0 Å². The first-order valence-electron chi connectivity index (χ1n) is 5.57. The van der Waals surface area contributed by atoms with Crippen LogP contribution in [0.1, 0.15) is 23.3 Å². The van der Waals surface area contributed by atoms with Gasteiger partial charge in [0.15, 0.2) is 0 Å². The number of aliphatic hydroxyl groups excluding tert-OH is 1. The molecule has 3 nitrogen and oxygen atoms in total. The van der Waals surface area contributed by atoms with Gasteiger partial charge in [0, 0.05) is 9.79 Å². The van der Waals surface area contributed by atoms with E-state index in [4.69, 9.17) is 5.73 Å². The van der Waals surface area contributed by atoms with Crippen molar-refractivity contribution in [3.05, 3.63) is 59.7 Å². The van der Waals surface area contributed by atoms with E-state index in [9.17, 15) is 5.11 Å². The lowest BCUT2D eigenvalue weighted by Crippen LogP contribution is -2.19. The van der Waals surface area contributed by atoms with Crippen LogP contribution in [0.2, 0.25) is 0 Å². The zero-order valence-electron chi connectivity index (χ0n) is 10.1. The summed E-state index contributed by atoms with van der Waals surface area (Å²) in [5.74, 6) is 0. The summed E-state index contributed by atoms with van der Waals surface area (Å²) in [5.41, 5.74) is 8.07. The number of fused-ring (bicyclic) bond motifs is 2. The van der Waals surface area contributed by atoms with Crippen molar-refractivity contribution in [2.24, 2.45) is 5.73 Å². The summed E-state index contributed by atoms with van der Waals surface area (Å²) in [6, 6.07) is 15.5. The highest BCUT2D eigenvalue weighted by Crippen LogP contribution is 2.44. The predicted molar refractivity (Wildman–Crippen MR) is 79.8 cm³/mol. The van der Waals surface area contributed by atoms with E-state index in [0.29, 0.717) is 0 Å². The van der Waals surface area contributed by atoms with Crippen molar-refractivity contribution in [3.8, 4) is 0 Å². The molecular weight excluding hydrogens is 282 g/mol. The number of nitrogens with two attached hydrogens (primary N) is 1. The number of halogens is 1. The highest BCUT2D eigenvalue weighted by Gasteiger charge is 2.27. The van der Waals surface area contributed by atoms with Gasteiger partial charge in [0.2, 0.25) is 0 Å². The van der Waals surface area contributed by atoms with E-state index in [1.54, 1.807) is 11.8 Å². The Balaban J connectivity index is 0.000000902. The number of rotatable bonds is 0. The lowest BCUT2D eigenvalue weighted by atomic mass is 9.97. The molecule has 19 heavy (non-hydrogen) atoms. The third kappa shape index (κ3) is 2.78. The number of hydrogen-bond acceptors (Lipinski definition) is 3. The summed E-state index contributed by atoms with van der Waals surface area (Å²) in [7, 11) is 0. The van der Waals surface area contributed by atoms with Gasteiger partial charge in [-0.3, -0.25) is 0 Å². The highest BCUT2D eigenvalue weighted by atomic mass is 35.5. The van der Waals surface area contributed by atoms with Gasteiger partial charge in [-0.25, -0.2) is 0 Å². The summed E-state index contributed by atoms with van der Waals surface area (Å²) >= 11 is 1.67. The molecule has 0 saturated carbocycles. The molecule has 2 atom stereocenters. The predicted octanol–water partition coefficient (Wildman–Crippen LogP) is 2.48. The van der Waals surface area contributed by atoms with E-state index in [1.165, 1.54) is 0 Å². The maximum atomic E-state index is 10.3. The zero-order valence-corrected chi connectivity index (χ0v) is 11.7. The van der Waals surface area contributed by atoms with Crippen molar-refractivity contribution in [3.63, 3.8) is 0 Å². The SMILES string of the molecule is Cl.NC1c2ccccc2Sc2ccccc2C1O.O. The normalized spacial score (nSPS) is 20.1. The van der Waals surface area contributed by atoms with Crippen LogP contribution in [0.25, 0.3) is 0 Å². The molecule has 2 aromatic rings. The van der Waals surface area contributed by atoms with Crippen LogP contribution in [0.4, 0.5) is 0 Å². The third-order valence-corrected chi connectivity index (χ3v) is 4.26. The van der Waals surface area contributed by atoms with Gasteiger partial charge in [-0.2, -0.15) is 0 Å². The summed E-state index contributed by atoms with van der Waals surface area (Å²) in [4.78, 5) is 2.21. The molecule has 1 aliphatic rings. The van der Waals surface area contributed by atoms with Crippen molar-refractivity contribution in [1.82, 2.24) is 0 Å². The topological polar surface area (TPSA) is 77.8 Å². The quantitative estimate of drug-likeness (QED) is 0.784. The Bertz CT molecular complexity index is 515. The van der Waals surface area contributed by atoms with Crippen molar-refractivity contribution < 1.29 is 10.6 Å². The van der Waals surface area contributed by atoms with E-state index in [2.05, 4.69) is 6.07 Å². The van der Waals surface area contributed by atoms with Crippen molar-refractivity contribution >= 4 is 24.2 Å². The van der Waals surface area contributed by atoms with E-state index < -0.39 is 6.10 Å². The Hall–Kier alpha value is -1.04. The fourth-order valence-corrected chi connectivity index (χ4v) is 3.31. The molecule has 0 bridgehead atoms. The first-order chi connectivity index (χ1) is 8.27. The maximum absolute atomic E-state index is 10.3. The molecule has 1 heterocycles. The second kappa shape index (κ2) is 6.41. The lowest BCUT2D eigenvalue weighted by Gasteiger charge is -2.18. The monoisotopic (exact) mass is 297 g/mol. The Morgan fingerprint density at radius 2 is 1.37 bits per heavy atom. The molecule has 0 radical (unpaired) electrons. The molecule has 0 saturated heterocycles. The standard InChI is InChI=1S/C14H13NOS.ClH.H2O/c15-13-9-5-1-3-7-11(9)17-12-8-4-2-6-10(12)14(13)16;;/h1-8,13-14,16H,15H2;1H;1H2. The van der Waals surface area contributed by atoms with Crippen LogP contribution >= 0.6 is 24.2 Å². The number of benzene rings is 2. The van der Waals surface area contributed by atoms with Crippen LogP contribution in [-0.2, 0) is 0 Å². The molecule has 0 aromatic heterocycles. The minimum Gasteiger partial charge on any atom is -0.412 e.